The van der Waals surface area contributed by atoms with Gasteiger partial charge < -0.3 is 5.11 Å². The quantitative estimate of drug-likeness (QED) is 0.840. The van der Waals surface area contributed by atoms with Gasteiger partial charge in [-0.3, -0.25) is 0 Å². The zero-order chi connectivity index (χ0) is 10.0. The molecular weight excluding hydrogens is 253 g/mol. The third-order valence-corrected chi connectivity index (χ3v) is 2.93. The van der Waals surface area contributed by atoms with Crippen LogP contribution >= 0.6 is 27.5 Å². The SMILES string of the molecule is CC(C#N)c1cc(Cl)c(Br)cc1O. The Morgan fingerprint density at radius 3 is 2.77 bits per heavy atom. The van der Waals surface area contributed by atoms with Crippen LogP contribution in [0.4, 0.5) is 0 Å². The summed E-state index contributed by atoms with van der Waals surface area (Å²) in [4.78, 5) is 0. The molecule has 0 spiro atoms. The average molecular weight is 261 g/mol. The Morgan fingerprint density at radius 2 is 2.23 bits per heavy atom. The summed E-state index contributed by atoms with van der Waals surface area (Å²) in [5.41, 5.74) is 0.552. The van der Waals surface area contributed by atoms with Crippen LogP contribution in [0, 0.1) is 11.3 Å². The van der Waals surface area contributed by atoms with Crippen LogP contribution in [0.25, 0.3) is 0 Å². The van der Waals surface area contributed by atoms with Gasteiger partial charge in [0, 0.05) is 10.0 Å². The standard InChI is InChI=1S/C9H7BrClNO/c1-5(4-12)6-2-8(11)7(10)3-9(6)13/h2-3,5,13H,1H3. The topological polar surface area (TPSA) is 44.0 Å². The molecule has 1 aromatic carbocycles. The monoisotopic (exact) mass is 259 g/mol. The van der Waals surface area contributed by atoms with Gasteiger partial charge >= 0.3 is 0 Å². The minimum absolute atomic E-state index is 0.0883. The average Bonchev–Trinajstić information content (AvgIpc) is 2.10. The maximum atomic E-state index is 9.48. The lowest BCUT2D eigenvalue weighted by molar-refractivity contribution is 0.466. The Morgan fingerprint density at radius 1 is 1.62 bits per heavy atom. The summed E-state index contributed by atoms with van der Waals surface area (Å²) in [7, 11) is 0. The first-order chi connectivity index (χ1) is 6.06. The maximum Gasteiger partial charge on any atom is 0.121 e. The molecule has 0 radical (unpaired) electrons. The van der Waals surface area contributed by atoms with Crippen molar-refractivity contribution in [3.05, 3.63) is 27.2 Å². The number of nitrogens with zero attached hydrogens (tertiary/aromatic N) is 1. The largest absolute Gasteiger partial charge is 0.508 e. The molecule has 0 aliphatic carbocycles. The number of hydrogen-bond donors (Lipinski definition) is 1. The van der Waals surface area contributed by atoms with E-state index in [1.807, 2.05) is 6.07 Å². The van der Waals surface area contributed by atoms with Crippen LogP contribution in [0.5, 0.6) is 5.75 Å². The predicted octanol–water partition coefficient (Wildman–Crippen LogP) is 3.44. The summed E-state index contributed by atoms with van der Waals surface area (Å²) in [6, 6.07) is 5.12. The van der Waals surface area contributed by atoms with E-state index < -0.39 is 0 Å². The molecule has 13 heavy (non-hydrogen) atoms. The molecule has 4 heteroatoms. The Kier molecular flexibility index (Phi) is 3.18. The first kappa shape index (κ1) is 10.4. The molecule has 0 aliphatic heterocycles. The predicted molar refractivity (Wildman–Crippen MR) is 54.8 cm³/mol. The first-order valence-electron chi connectivity index (χ1n) is 3.63. The van der Waals surface area contributed by atoms with Gasteiger partial charge in [-0.2, -0.15) is 5.26 Å². The molecule has 1 N–H and O–H groups in total. The van der Waals surface area contributed by atoms with E-state index in [9.17, 15) is 5.11 Å². The fourth-order valence-corrected chi connectivity index (χ4v) is 1.47. The van der Waals surface area contributed by atoms with Crippen molar-refractivity contribution in [2.75, 3.05) is 0 Å². The van der Waals surface area contributed by atoms with E-state index in [2.05, 4.69) is 15.9 Å². The second-order valence-corrected chi connectivity index (χ2v) is 3.94. The summed E-state index contributed by atoms with van der Waals surface area (Å²) < 4.78 is 0.626. The smallest absolute Gasteiger partial charge is 0.121 e. The molecule has 0 fully saturated rings. The number of benzene rings is 1. The highest BCUT2D eigenvalue weighted by Crippen LogP contribution is 2.33. The fourth-order valence-electron chi connectivity index (χ4n) is 0.968. The number of phenols is 1. The van der Waals surface area contributed by atoms with Gasteiger partial charge in [-0.1, -0.05) is 11.6 Å². The van der Waals surface area contributed by atoms with E-state index in [1.54, 1.807) is 13.0 Å². The summed E-state index contributed by atoms with van der Waals surface area (Å²) >= 11 is 9.00. The van der Waals surface area contributed by atoms with Crippen LogP contribution in [-0.2, 0) is 0 Å². The fraction of sp³-hybridized carbons (Fsp3) is 0.222. The molecule has 68 valence electrons. The van der Waals surface area contributed by atoms with Crippen LogP contribution in [0.3, 0.4) is 0 Å². The molecule has 0 saturated heterocycles. The lowest BCUT2D eigenvalue weighted by Gasteiger charge is -2.07. The molecule has 1 aromatic rings. The maximum absolute atomic E-state index is 9.48. The number of phenolic OH excluding ortho intramolecular Hbond substituents is 1. The Bertz CT molecular complexity index is 373. The summed E-state index contributed by atoms with van der Waals surface area (Å²) in [6.45, 7) is 1.71. The van der Waals surface area contributed by atoms with E-state index in [0.29, 0.717) is 15.1 Å². The third kappa shape index (κ3) is 2.15. The third-order valence-electron chi connectivity index (χ3n) is 1.73. The van der Waals surface area contributed by atoms with Crippen molar-refractivity contribution in [3.8, 4) is 11.8 Å². The van der Waals surface area contributed by atoms with Crippen LogP contribution in [-0.4, -0.2) is 5.11 Å². The number of nitriles is 1. The van der Waals surface area contributed by atoms with Crippen LogP contribution in [0.2, 0.25) is 5.02 Å². The summed E-state index contributed by atoms with van der Waals surface area (Å²) in [5.74, 6) is -0.268. The lowest BCUT2D eigenvalue weighted by atomic mass is 10.0. The van der Waals surface area contributed by atoms with Gasteiger partial charge in [0.1, 0.15) is 5.75 Å². The van der Waals surface area contributed by atoms with E-state index in [1.165, 1.54) is 6.07 Å². The Labute approximate surface area is 89.9 Å². The van der Waals surface area contributed by atoms with Gasteiger partial charge in [0.2, 0.25) is 0 Å². The number of rotatable bonds is 1. The molecule has 0 saturated carbocycles. The van der Waals surface area contributed by atoms with E-state index >= 15 is 0 Å². The Hall–Kier alpha value is -0.720. The zero-order valence-corrected chi connectivity index (χ0v) is 9.22. The second kappa shape index (κ2) is 3.99. The van der Waals surface area contributed by atoms with Crippen LogP contribution in [0.15, 0.2) is 16.6 Å². The van der Waals surface area contributed by atoms with E-state index in [-0.39, 0.29) is 11.7 Å². The number of hydrogen-bond acceptors (Lipinski definition) is 2. The Balaban J connectivity index is 3.25. The van der Waals surface area contributed by atoms with Crippen LogP contribution in [0.1, 0.15) is 18.4 Å². The van der Waals surface area contributed by atoms with Crippen molar-refractivity contribution in [1.29, 1.82) is 5.26 Å². The van der Waals surface area contributed by atoms with E-state index in [4.69, 9.17) is 16.9 Å². The normalized spacial score (nSPS) is 12.2. The molecule has 2 nitrogen and oxygen atoms in total. The van der Waals surface area contributed by atoms with Crippen molar-refractivity contribution < 1.29 is 5.11 Å². The molecule has 0 aromatic heterocycles. The van der Waals surface area contributed by atoms with E-state index in [0.717, 1.165) is 0 Å². The number of aromatic hydroxyl groups is 1. The highest BCUT2D eigenvalue weighted by Gasteiger charge is 2.11. The zero-order valence-electron chi connectivity index (χ0n) is 6.88. The van der Waals surface area contributed by atoms with Gasteiger partial charge in [0.05, 0.1) is 17.0 Å². The molecule has 0 aliphatic rings. The highest BCUT2D eigenvalue weighted by molar-refractivity contribution is 9.10. The van der Waals surface area contributed by atoms with Crippen molar-refractivity contribution in [3.63, 3.8) is 0 Å². The lowest BCUT2D eigenvalue weighted by Crippen LogP contribution is -1.90. The summed E-state index contributed by atoms with van der Waals surface area (Å²) in [6.07, 6.45) is 0. The van der Waals surface area contributed by atoms with Crippen molar-refractivity contribution in [2.45, 2.75) is 12.8 Å². The number of halogens is 2. The van der Waals surface area contributed by atoms with Gasteiger partial charge in [-0.05, 0) is 35.0 Å². The highest BCUT2D eigenvalue weighted by atomic mass is 79.9. The van der Waals surface area contributed by atoms with Gasteiger partial charge in [-0.15, -0.1) is 0 Å². The van der Waals surface area contributed by atoms with Gasteiger partial charge in [-0.25, -0.2) is 0 Å². The molecule has 0 amide bonds. The molecule has 0 heterocycles. The van der Waals surface area contributed by atoms with Crippen molar-refractivity contribution >= 4 is 27.5 Å². The van der Waals surface area contributed by atoms with Gasteiger partial charge in [0.25, 0.3) is 0 Å². The minimum atomic E-state index is -0.356. The molecule has 1 unspecified atom stereocenters. The van der Waals surface area contributed by atoms with Crippen molar-refractivity contribution in [2.24, 2.45) is 0 Å². The molecule has 0 bridgehead atoms. The molecule has 1 atom stereocenters. The van der Waals surface area contributed by atoms with Gasteiger partial charge in [0.15, 0.2) is 0 Å². The molecular formula is C9H7BrClNO. The minimum Gasteiger partial charge on any atom is -0.508 e. The van der Waals surface area contributed by atoms with Crippen LogP contribution < -0.4 is 0 Å². The molecule has 1 rings (SSSR count). The van der Waals surface area contributed by atoms with Crippen molar-refractivity contribution in [1.82, 2.24) is 0 Å². The first-order valence-corrected chi connectivity index (χ1v) is 4.81. The summed E-state index contributed by atoms with van der Waals surface area (Å²) in [5, 5.41) is 18.6. The second-order valence-electron chi connectivity index (χ2n) is 2.68.